The molecule has 0 saturated heterocycles. The van der Waals surface area contributed by atoms with Crippen molar-refractivity contribution in [1.82, 2.24) is 10.6 Å². The van der Waals surface area contributed by atoms with Crippen LogP contribution in [0.1, 0.15) is 215 Å². The summed E-state index contributed by atoms with van der Waals surface area (Å²) in [6.07, 6.45) is 32.8. The van der Waals surface area contributed by atoms with E-state index in [4.69, 9.17) is 24.1 Å². The van der Waals surface area contributed by atoms with Gasteiger partial charge in [-0.2, -0.15) is 0 Å². The molecule has 9 heteroatoms. The van der Waals surface area contributed by atoms with Gasteiger partial charge in [-0.05, 0) is 39.0 Å². The van der Waals surface area contributed by atoms with Crippen LogP contribution in [0.2, 0.25) is 0 Å². The van der Waals surface area contributed by atoms with E-state index in [9.17, 15) is 9.59 Å². The Morgan fingerprint density at radius 1 is 0.600 bits per heavy atom. The van der Waals surface area contributed by atoms with Gasteiger partial charge in [-0.15, -0.1) is 0 Å². The van der Waals surface area contributed by atoms with E-state index in [2.05, 4.69) is 38.3 Å². The Balaban J connectivity index is 0. The highest BCUT2D eigenvalue weighted by molar-refractivity contribution is 5.77. The highest BCUT2D eigenvalue weighted by Gasteiger charge is 2.19. The first-order valence-corrected chi connectivity index (χ1v) is 23.2. The molecule has 0 aliphatic rings. The van der Waals surface area contributed by atoms with Gasteiger partial charge in [-0.25, -0.2) is 4.79 Å². The zero-order chi connectivity index (χ0) is 41.1. The first-order chi connectivity index (χ1) is 26.7. The molecule has 0 aliphatic carbocycles. The topological polar surface area (TPSA) is 115 Å². The second kappa shape index (κ2) is 43.7. The van der Waals surface area contributed by atoms with Gasteiger partial charge in [0.05, 0.1) is 24.9 Å². The molecule has 0 saturated carbocycles. The van der Waals surface area contributed by atoms with Crippen LogP contribution in [-0.4, -0.2) is 82.0 Å². The molecular formula is C46H94N2O7. The lowest BCUT2D eigenvalue weighted by molar-refractivity contribution is -0.122. The summed E-state index contributed by atoms with van der Waals surface area (Å²) >= 11 is 0. The largest absolute Gasteiger partial charge is 0.449 e. The molecule has 1 atom stereocenters. The zero-order valence-corrected chi connectivity index (χ0v) is 37.6. The van der Waals surface area contributed by atoms with E-state index in [0.717, 1.165) is 33.0 Å². The fraction of sp³-hybridized carbons (Fsp3) is 0.957. The minimum Gasteiger partial charge on any atom is -0.449 e. The molecule has 0 aromatic heterocycles. The third-order valence-corrected chi connectivity index (χ3v) is 10.1. The smallest absolute Gasteiger partial charge is 0.407 e. The number of hydrogen-bond donors (Lipinski definition) is 3. The van der Waals surface area contributed by atoms with Gasteiger partial charge >= 0.3 is 6.09 Å². The summed E-state index contributed by atoms with van der Waals surface area (Å²) in [6.45, 7) is 16.4. The number of aliphatic hydroxyl groups excluding tert-OH is 1. The number of ether oxygens (including phenoxy) is 4. The normalized spacial score (nSPS) is 12.0. The summed E-state index contributed by atoms with van der Waals surface area (Å²) in [5, 5.41) is 12.7. The fourth-order valence-electron chi connectivity index (χ4n) is 6.30. The summed E-state index contributed by atoms with van der Waals surface area (Å²) < 4.78 is 23.5. The number of nitrogens with one attached hydrogen (secondary N) is 2. The lowest BCUT2D eigenvalue weighted by Crippen LogP contribution is -2.38. The van der Waals surface area contributed by atoms with Crippen LogP contribution in [-0.2, 0) is 23.7 Å². The number of aliphatic hydroxyl groups is 1. The average molecular weight is 787 g/mol. The first-order valence-electron chi connectivity index (χ1n) is 23.2. The molecule has 0 spiro atoms. The summed E-state index contributed by atoms with van der Waals surface area (Å²) in [5.74, 6) is 0.472. The standard InChI is InChI=1S/C45H90N2O6.CH4O/c1-7-9-11-13-15-17-19-21-23-25-27-29-35-50-40-42(51-36-30-28-26-24-22-20-18-16-14-12-10-8-2)39-47-43(48)31-34-46-44(49)52-38-33-45(5,6)53-37-32-41(3)4;1-2/h41-42H,7-40H2,1-6H3,(H,46,49)(H,47,48);2H,1H3. The fourth-order valence-corrected chi connectivity index (χ4v) is 6.30. The molecule has 0 bridgehead atoms. The van der Waals surface area contributed by atoms with E-state index < -0.39 is 6.09 Å². The molecule has 0 aromatic rings. The lowest BCUT2D eigenvalue weighted by Gasteiger charge is -2.25. The van der Waals surface area contributed by atoms with Gasteiger partial charge in [0.25, 0.3) is 0 Å². The van der Waals surface area contributed by atoms with Crippen molar-refractivity contribution < 1.29 is 33.6 Å². The van der Waals surface area contributed by atoms with Crippen molar-refractivity contribution >= 4 is 12.0 Å². The first kappa shape index (κ1) is 55.7. The number of alkyl carbamates (subject to hydrolysis) is 1. The maximum atomic E-state index is 12.6. The second-order valence-electron chi connectivity index (χ2n) is 16.5. The van der Waals surface area contributed by atoms with E-state index in [0.29, 0.717) is 38.7 Å². The Hall–Kier alpha value is -1.42. The van der Waals surface area contributed by atoms with Crippen LogP contribution in [0, 0.1) is 5.92 Å². The molecule has 0 aliphatic heterocycles. The minimum absolute atomic E-state index is 0.120. The van der Waals surface area contributed by atoms with Gasteiger partial charge in [0.1, 0.15) is 0 Å². The number of amides is 2. The van der Waals surface area contributed by atoms with Crippen LogP contribution in [0.15, 0.2) is 0 Å². The molecule has 0 heterocycles. The Morgan fingerprint density at radius 2 is 1.05 bits per heavy atom. The van der Waals surface area contributed by atoms with Crippen molar-refractivity contribution in [2.75, 3.05) is 53.2 Å². The zero-order valence-electron chi connectivity index (χ0n) is 37.6. The van der Waals surface area contributed by atoms with E-state index in [1.165, 1.54) is 141 Å². The molecule has 330 valence electrons. The van der Waals surface area contributed by atoms with Crippen molar-refractivity contribution in [3.05, 3.63) is 0 Å². The quantitative estimate of drug-likeness (QED) is 0.0529. The SMILES string of the molecule is CCCCCCCCCCCCCCOCC(CNC(=O)CCNC(=O)OCCC(C)(C)OCCC(C)C)OCCCCCCCCCCCCCC.CO. The molecule has 3 N–H and O–H groups in total. The van der Waals surface area contributed by atoms with Crippen LogP contribution in [0.3, 0.4) is 0 Å². The number of unbranched alkanes of at least 4 members (excludes halogenated alkanes) is 22. The van der Waals surface area contributed by atoms with Crippen LogP contribution in [0.4, 0.5) is 4.79 Å². The molecule has 1 unspecified atom stereocenters. The monoisotopic (exact) mass is 787 g/mol. The predicted molar refractivity (Wildman–Crippen MR) is 232 cm³/mol. The molecule has 0 fully saturated rings. The van der Waals surface area contributed by atoms with Gasteiger partial charge in [-0.1, -0.05) is 169 Å². The number of carbonyl (C=O) groups excluding carboxylic acids is 2. The Bertz CT molecular complexity index is 796. The van der Waals surface area contributed by atoms with Gasteiger partial charge in [0, 0.05) is 52.9 Å². The van der Waals surface area contributed by atoms with E-state index in [1.54, 1.807) is 0 Å². The third kappa shape index (κ3) is 45.2. The third-order valence-electron chi connectivity index (χ3n) is 10.1. The van der Waals surface area contributed by atoms with Gasteiger partial charge in [0.15, 0.2) is 0 Å². The highest BCUT2D eigenvalue weighted by atomic mass is 16.6. The second-order valence-corrected chi connectivity index (χ2v) is 16.5. The Kier molecular flexibility index (Phi) is 44.2. The molecular weight excluding hydrogens is 693 g/mol. The molecule has 0 rings (SSSR count). The Morgan fingerprint density at radius 3 is 1.53 bits per heavy atom. The molecule has 2 amide bonds. The molecule has 9 nitrogen and oxygen atoms in total. The molecule has 0 radical (unpaired) electrons. The number of hydrogen-bond acceptors (Lipinski definition) is 7. The van der Waals surface area contributed by atoms with E-state index in [-0.39, 0.29) is 37.2 Å². The minimum atomic E-state index is -0.509. The lowest BCUT2D eigenvalue weighted by atomic mass is 10.1. The van der Waals surface area contributed by atoms with Crippen molar-refractivity contribution in [3.8, 4) is 0 Å². The van der Waals surface area contributed by atoms with Gasteiger partial charge in [0.2, 0.25) is 5.91 Å². The van der Waals surface area contributed by atoms with E-state index >= 15 is 0 Å². The van der Waals surface area contributed by atoms with Crippen molar-refractivity contribution in [3.63, 3.8) is 0 Å². The average Bonchev–Trinajstić information content (AvgIpc) is 3.15. The summed E-state index contributed by atoms with van der Waals surface area (Å²) in [6, 6.07) is 0. The van der Waals surface area contributed by atoms with Crippen molar-refractivity contribution in [2.24, 2.45) is 5.92 Å². The highest BCUT2D eigenvalue weighted by Crippen LogP contribution is 2.17. The number of rotatable bonds is 41. The maximum absolute atomic E-state index is 12.6. The predicted octanol–water partition coefficient (Wildman–Crippen LogP) is 11.9. The summed E-state index contributed by atoms with van der Waals surface area (Å²) in [5.41, 5.74) is -0.350. The molecule has 0 aromatic carbocycles. The van der Waals surface area contributed by atoms with Crippen LogP contribution < -0.4 is 10.6 Å². The van der Waals surface area contributed by atoms with Crippen molar-refractivity contribution in [2.45, 2.75) is 227 Å². The Labute approximate surface area is 341 Å². The maximum Gasteiger partial charge on any atom is 0.407 e. The molecule has 55 heavy (non-hydrogen) atoms. The van der Waals surface area contributed by atoms with E-state index in [1.807, 2.05) is 13.8 Å². The van der Waals surface area contributed by atoms with Crippen LogP contribution in [0.25, 0.3) is 0 Å². The summed E-state index contributed by atoms with van der Waals surface area (Å²) in [4.78, 5) is 24.7. The summed E-state index contributed by atoms with van der Waals surface area (Å²) in [7, 11) is 1.00. The van der Waals surface area contributed by atoms with Gasteiger partial charge < -0.3 is 34.7 Å². The number of carbonyl (C=O) groups is 2. The van der Waals surface area contributed by atoms with Gasteiger partial charge in [-0.3, -0.25) is 4.79 Å². The van der Waals surface area contributed by atoms with Crippen molar-refractivity contribution in [1.29, 1.82) is 0 Å². The van der Waals surface area contributed by atoms with Crippen LogP contribution >= 0.6 is 0 Å². The van der Waals surface area contributed by atoms with Crippen LogP contribution in [0.5, 0.6) is 0 Å².